The Hall–Kier alpha value is -2.93. The zero-order valence-corrected chi connectivity index (χ0v) is 20.1. The Morgan fingerprint density at radius 2 is 1.79 bits per heavy atom. The van der Waals surface area contributed by atoms with Crippen molar-refractivity contribution in [3.63, 3.8) is 0 Å². The number of pyridine rings is 1. The lowest BCUT2D eigenvalue weighted by Gasteiger charge is -2.37. The third-order valence-electron chi connectivity index (χ3n) is 6.64. The van der Waals surface area contributed by atoms with Crippen LogP contribution in [0.5, 0.6) is 0 Å². The van der Waals surface area contributed by atoms with Gasteiger partial charge < -0.3 is 5.32 Å². The molecule has 0 radical (unpaired) electrons. The van der Waals surface area contributed by atoms with E-state index in [1.807, 2.05) is 12.1 Å². The summed E-state index contributed by atoms with van der Waals surface area (Å²) in [4.78, 5) is 17.6. The van der Waals surface area contributed by atoms with Gasteiger partial charge in [0.1, 0.15) is 4.90 Å². The zero-order valence-electron chi connectivity index (χ0n) is 19.3. The molecule has 0 aliphatic heterocycles. The summed E-state index contributed by atoms with van der Waals surface area (Å²) in [6.07, 6.45) is 4.76. The number of nitrogens with one attached hydrogen (secondary N) is 2. The molecule has 4 rings (SSSR count). The van der Waals surface area contributed by atoms with E-state index >= 15 is 0 Å². The fraction of sp³-hybridized carbons (Fsp3) is 0.385. The van der Waals surface area contributed by atoms with Crippen LogP contribution < -0.4 is 10.0 Å². The van der Waals surface area contributed by atoms with Gasteiger partial charge >= 0.3 is 0 Å². The highest BCUT2D eigenvalue weighted by Crippen LogP contribution is 2.34. The van der Waals surface area contributed by atoms with Crippen LogP contribution in [0.15, 0.2) is 65.7 Å². The molecule has 1 saturated carbocycles. The number of nitrogens with zero attached hydrogens (tertiary/aromatic N) is 1. The summed E-state index contributed by atoms with van der Waals surface area (Å²) in [5, 5.41) is 3.94. The number of fused-ring (bicyclic) bond motifs is 1. The van der Waals surface area contributed by atoms with Gasteiger partial charge in [-0.05, 0) is 54.9 Å². The van der Waals surface area contributed by atoms with E-state index in [1.54, 1.807) is 42.6 Å². The molecular formula is C26H31N3O3S. The summed E-state index contributed by atoms with van der Waals surface area (Å²) in [5.41, 5.74) is 0.966. The molecule has 1 amide bonds. The van der Waals surface area contributed by atoms with Gasteiger partial charge in [-0.1, -0.05) is 57.5 Å². The van der Waals surface area contributed by atoms with E-state index in [9.17, 15) is 13.2 Å². The van der Waals surface area contributed by atoms with E-state index < -0.39 is 10.0 Å². The molecule has 7 heteroatoms. The van der Waals surface area contributed by atoms with Gasteiger partial charge in [0.25, 0.3) is 15.9 Å². The number of hydrogen-bond donors (Lipinski definition) is 2. The predicted molar refractivity (Wildman–Crippen MR) is 132 cm³/mol. The minimum Gasteiger partial charge on any atom is -0.349 e. The van der Waals surface area contributed by atoms with E-state index in [1.165, 1.54) is 12.5 Å². The van der Waals surface area contributed by atoms with Crippen LogP contribution in [-0.4, -0.2) is 25.4 Å². The van der Waals surface area contributed by atoms with Crippen molar-refractivity contribution in [2.45, 2.75) is 51.0 Å². The van der Waals surface area contributed by atoms with Gasteiger partial charge in [0.05, 0.1) is 16.8 Å². The molecule has 33 heavy (non-hydrogen) atoms. The van der Waals surface area contributed by atoms with Crippen molar-refractivity contribution >= 4 is 32.5 Å². The van der Waals surface area contributed by atoms with E-state index in [0.717, 1.165) is 18.2 Å². The van der Waals surface area contributed by atoms with Gasteiger partial charge in [0.2, 0.25) is 0 Å². The topological polar surface area (TPSA) is 88.2 Å². The predicted octanol–water partition coefficient (Wildman–Crippen LogP) is 5.23. The van der Waals surface area contributed by atoms with Gasteiger partial charge in [-0.25, -0.2) is 8.42 Å². The molecule has 1 heterocycles. The highest BCUT2D eigenvalue weighted by Gasteiger charge is 2.32. The van der Waals surface area contributed by atoms with Crippen molar-refractivity contribution in [1.82, 2.24) is 10.3 Å². The molecule has 0 bridgehead atoms. The first-order valence-electron chi connectivity index (χ1n) is 11.5. The van der Waals surface area contributed by atoms with Crippen LogP contribution >= 0.6 is 0 Å². The highest BCUT2D eigenvalue weighted by molar-refractivity contribution is 7.93. The SMILES string of the molecule is CC1CC[C@@H](C(C)C)C(NC(=O)c2ccccc2NS(=O)(=O)c2cccc3cccnc23)C1. The molecule has 0 spiro atoms. The standard InChI is InChI=1S/C26H31N3O3S/c1-17(2)20-14-13-18(3)16-23(20)28-26(30)21-10-4-5-11-22(21)29-33(31,32)24-12-6-8-19-9-7-15-27-25(19)24/h4-12,15,17-18,20,23,29H,13-14,16H2,1-3H3,(H,28,30)/t18?,20-,23?/m0/s1. The molecule has 174 valence electrons. The Morgan fingerprint density at radius 1 is 1.03 bits per heavy atom. The van der Waals surface area contributed by atoms with E-state index in [0.29, 0.717) is 28.8 Å². The maximum atomic E-state index is 13.3. The fourth-order valence-corrected chi connectivity index (χ4v) is 6.14. The number of anilines is 1. The number of aromatic nitrogens is 1. The lowest BCUT2D eigenvalue weighted by atomic mass is 9.74. The van der Waals surface area contributed by atoms with Crippen LogP contribution in [-0.2, 0) is 10.0 Å². The van der Waals surface area contributed by atoms with Crippen molar-refractivity contribution in [2.75, 3.05) is 4.72 Å². The van der Waals surface area contributed by atoms with Crippen molar-refractivity contribution in [3.05, 3.63) is 66.4 Å². The summed E-state index contributed by atoms with van der Waals surface area (Å²) in [6.45, 7) is 6.61. The van der Waals surface area contributed by atoms with Crippen molar-refractivity contribution in [3.8, 4) is 0 Å². The molecule has 3 aromatic rings. The minimum atomic E-state index is -3.95. The monoisotopic (exact) mass is 465 g/mol. The molecule has 1 aliphatic carbocycles. The molecular weight excluding hydrogens is 434 g/mol. The van der Waals surface area contributed by atoms with E-state index in [2.05, 4.69) is 35.8 Å². The smallest absolute Gasteiger partial charge is 0.264 e. The molecule has 2 N–H and O–H groups in total. The first kappa shape index (κ1) is 23.2. The Labute approximate surface area is 195 Å². The zero-order chi connectivity index (χ0) is 23.6. The first-order chi connectivity index (χ1) is 15.8. The quantitative estimate of drug-likeness (QED) is 0.522. The van der Waals surface area contributed by atoms with Crippen LogP contribution in [0.4, 0.5) is 5.69 Å². The Bertz CT molecular complexity index is 1250. The maximum absolute atomic E-state index is 13.3. The molecule has 2 aromatic carbocycles. The van der Waals surface area contributed by atoms with Gasteiger partial charge in [0, 0.05) is 17.6 Å². The number of hydrogen-bond acceptors (Lipinski definition) is 4. The van der Waals surface area contributed by atoms with Crippen molar-refractivity contribution < 1.29 is 13.2 Å². The lowest BCUT2D eigenvalue weighted by Crippen LogP contribution is -2.45. The van der Waals surface area contributed by atoms with Crippen LogP contribution in [0.2, 0.25) is 0 Å². The normalized spacial score (nSPS) is 21.2. The Balaban J connectivity index is 1.61. The number of carbonyl (C=O) groups excluding carboxylic acids is 1. The summed E-state index contributed by atoms with van der Waals surface area (Å²) < 4.78 is 29.2. The van der Waals surface area contributed by atoms with Gasteiger partial charge in [0.15, 0.2) is 0 Å². The molecule has 2 unspecified atom stereocenters. The van der Waals surface area contributed by atoms with Crippen LogP contribution in [0, 0.1) is 17.8 Å². The first-order valence-corrected chi connectivity index (χ1v) is 13.0. The molecule has 6 nitrogen and oxygen atoms in total. The van der Waals surface area contributed by atoms with Crippen molar-refractivity contribution in [1.29, 1.82) is 0 Å². The number of carbonyl (C=O) groups is 1. The third kappa shape index (κ3) is 5.03. The maximum Gasteiger partial charge on any atom is 0.264 e. The summed E-state index contributed by atoms with van der Waals surface area (Å²) in [6, 6.07) is 15.4. The minimum absolute atomic E-state index is 0.0770. The number of amides is 1. The molecule has 1 aromatic heterocycles. The molecule has 0 saturated heterocycles. The number of sulfonamides is 1. The van der Waals surface area contributed by atoms with Gasteiger partial charge in [-0.2, -0.15) is 0 Å². The van der Waals surface area contributed by atoms with Crippen LogP contribution in [0.1, 0.15) is 50.4 Å². The second-order valence-corrected chi connectivity index (χ2v) is 11.0. The average Bonchev–Trinajstić information content (AvgIpc) is 2.78. The van der Waals surface area contributed by atoms with Crippen LogP contribution in [0.25, 0.3) is 10.9 Å². The molecule has 1 aliphatic rings. The average molecular weight is 466 g/mol. The second-order valence-electron chi connectivity index (χ2n) is 9.39. The third-order valence-corrected chi connectivity index (χ3v) is 8.04. The number of rotatable bonds is 6. The van der Waals surface area contributed by atoms with Gasteiger partial charge in [-0.3, -0.25) is 14.5 Å². The van der Waals surface area contributed by atoms with Crippen molar-refractivity contribution in [2.24, 2.45) is 17.8 Å². The number of benzene rings is 2. The van der Waals surface area contributed by atoms with Crippen LogP contribution in [0.3, 0.4) is 0 Å². The summed E-state index contributed by atoms with van der Waals surface area (Å²) in [5.74, 6) is 1.18. The Kier molecular flexibility index (Phi) is 6.70. The molecule has 3 atom stereocenters. The van der Waals surface area contributed by atoms with Gasteiger partial charge in [-0.15, -0.1) is 0 Å². The fourth-order valence-electron chi connectivity index (χ4n) is 4.88. The number of para-hydroxylation sites is 2. The highest BCUT2D eigenvalue weighted by atomic mass is 32.2. The summed E-state index contributed by atoms with van der Waals surface area (Å²) >= 11 is 0. The summed E-state index contributed by atoms with van der Waals surface area (Å²) in [7, 11) is -3.95. The van der Waals surface area contributed by atoms with E-state index in [4.69, 9.17) is 0 Å². The largest absolute Gasteiger partial charge is 0.349 e. The second kappa shape index (κ2) is 9.51. The lowest BCUT2D eigenvalue weighted by molar-refractivity contribution is 0.0869. The van der Waals surface area contributed by atoms with E-state index in [-0.39, 0.29) is 22.5 Å². The Morgan fingerprint density at radius 3 is 2.58 bits per heavy atom. The molecule has 1 fully saturated rings.